The number of hydrogen-bond donors (Lipinski definition) is 1. The van der Waals surface area contributed by atoms with Crippen LogP contribution in [0, 0.1) is 5.92 Å². The van der Waals surface area contributed by atoms with Gasteiger partial charge in [0.15, 0.2) is 0 Å². The molecule has 108 valence electrons. The van der Waals surface area contributed by atoms with E-state index in [1.54, 1.807) is 0 Å². The Morgan fingerprint density at radius 2 is 1.89 bits per heavy atom. The number of benzene rings is 1. The fraction of sp³-hybridized carbons (Fsp3) is 0.600. The lowest BCUT2D eigenvalue weighted by atomic mass is 10.1. The van der Waals surface area contributed by atoms with Crippen LogP contribution in [0.2, 0.25) is 0 Å². The van der Waals surface area contributed by atoms with Gasteiger partial charge in [0.25, 0.3) is 0 Å². The first kappa shape index (κ1) is 16.5. The molecule has 0 bridgehead atoms. The van der Waals surface area contributed by atoms with Crippen LogP contribution in [-0.4, -0.2) is 43.7 Å². The van der Waals surface area contributed by atoms with Crippen LogP contribution in [0.15, 0.2) is 22.7 Å². The van der Waals surface area contributed by atoms with Crippen molar-refractivity contribution in [2.75, 3.05) is 38.6 Å². The number of hydrogen-bond acceptors (Lipinski definition) is 3. The van der Waals surface area contributed by atoms with Crippen LogP contribution in [0.3, 0.4) is 0 Å². The molecule has 1 rings (SSSR count). The number of anilines is 1. The number of aliphatic hydroxyl groups excluding tert-OH is 1. The molecule has 0 amide bonds. The summed E-state index contributed by atoms with van der Waals surface area (Å²) in [5.74, 6) is 0.624. The number of likely N-dealkylation sites (N-methyl/N-ethyl adjacent to an activating group) is 1. The topological polar surface area (TPSA) is 26.7 Å². The highest BCUT2D eigenvalue weighted by Gasteiger charge is 2.10. The highest BCUT2D eigenvalue weighted by Crippen LogP contribution is 2.25. The van der Waals surface area contributed by atoms with Crippen LogP contribution in [0.1, 0.15) is 19.4 Å². The summed E-state index contributed by atoms with van der Waals surface area (Å²) in [6.07, 6.45) is 0. The molecule has 0 aliphatic carbocycles. The Kier molecular flexibility index (Phi) is 6.83. The second-order valence-corrected chi connectivity index (χ2v) is 6.43. The van der Waals surface area contributed by atoms with Crippen molar-refractivity contribution in [2.24, 2.45) is 5.92 Å². The lowest BCUT2D eigenvalue weighted by Crippen LogP contribution is -2.34. The summed E-state index contributed by atoms with van der Waals surface area (Å²) in [6, 6.07) is 6.18. The maximum atomic E-state index is 9.22. The monoisotopic (exact) mass is 328 g/mol. The van der Waals surface area contributed by atoms with E-state index in [1.807, 2.05) is 6.07 Å². The summed E-state index contributed by atoms with van der Waals surface area (Å²) in [6.45, 7) is 7.63. The van der Waals surface area contributed by atoms with Gasteiger partial charge in [0, 0.05) is 29.8 Å². The maximum absolute atomic E-state index is 9.22. The SMILES string of the molecule is CC(C)CN(CCN(C)C)c1ccc(CO)c(Br)c1. The van der Waals surface area contributed by atoms with Crippen molar-refractivity contribution in [3.8, 4) is 0 Å². The molecule has 0 aliphatic rings. The molecule has 1 aromatic carbocycles. The van der Waals surface area contributed by atoms with Crippen molar-refractivity contribution in [2.45, 2.75) is 20.5 Å². The van der Waals surface area contributed by atoms with Gasteiger partial charge in [-0.2, -0.15) is 0 Å². The zero-order valence-corrected chi connectivity index (χ0v) is 13.9. The van der Waals surface area contributed by atoms with Crippen LogP contribution >= 0.6 is 15.9 Å². The van der Waals surface area contributed by atoms with E-state index in [1.165, 1.54) is 5.69 Å². The van der Waals surface area contributed by atoms with Crippen LogP contribution < -0.4 is 4.90 Å². The van der Waals surface area contributed by atoms with E-state index < -0.39 is 0 Å². The van der Waals surface area contributed by atoms with Gasteiger partial charge >= 0.3 is 0 Å². The first-order chi connectivity index (χ1) is 8.93. The molecule has 0 atom stereocenters. The van der Waals surface area contributed by atoms with Crippen molar-refractivity contribution in [1.82, 2.24) is 4.90 Å². The Morgan fingerprint density at radius 3 is 2.37 bits per heavy atom. The number of rotatable bonds is 7. The minimum atomic E-state index is 0.0722. The number of nitrogens with zero attached hydrogens (tertiary/aromatic N) is 2. The average molecular weight is 329 g/mol. The Morgan fingerprint density at radius 1 is 1.21 bits per heavy atom. The molecular weight excluding hydrogens is 304 g/mol. The molecule has 4 heteroatoms. The Bertz CT molecular complexity index is 394. The van der Waals surface area contributed by atoms with Gasteiger partial charge < -0.3 is 14.9 Å². The van der Waals surface area contributed by atoms with Crippen molar-refractivity contribution < 1.29 is 5.11 Å². The molecule has 0 saturated heterocycles. The third-order valence-corrected chi connectivity index (χ3v) is 3.71. The molecule has 0 saturated carbocycles. The molecule has 0 aromatic heterocycles. The van der Waals surface area contributed by atoms with Gasteiger partial charge in [-0.05, 0) is 37.7 Å². The Hall–Kier alpha value is -0.580. The predicted octanol–water partition coefficient (Wildman–Crippen LogP) is 2.97. The quantitative estimate of drug-likeness (QED) is 0.833. The lowest BCUT2D eigenvalue weighted by molar-refractivity contribution is 0.281. The van der Waals surface area contributed by atoms with Crippen molar-refractivity contribution in [3.05, 3.63) is 28.2 Å². The Labute approximate surface area is 125 Å². The summed E-state index contributed by atoms with van der Waals surface area (Å²) in [4.78, 5) is 4.60. The highest BCUT2D eigenvalue weighted by atomic mass is 79.9. The van der Waals surface area contributed by atoms with E-state index in [0.717, 1.165) is 29.7 Å². The molecule has 19 heavy (non-hydrogen) atoms. The van der Waals surface area contributed by atoms with E-state index in [-0.39, 0.29) is 6.61 Å². The molecule has 0 fully saturated rings. The zero-order valence-electron chi connectivity index (χ0n) is 12.4. The van der Waals surface area contributed by atoms with Gasteiger partial charge in [-0.15, -0.1) is 0 Å². The third-order valence-electron chi connectivity index (χ3n) is 2.97. The highest BCUT2D eigenvalue weighted by molar-refractivity contribution is 9.10. The van der Waals surface area contributed by atoms with Crippen LogP contribution in [0.4, 0.5) is 5.69 Å². The van der Waals surface area contributed by atoms with Gasteiger partial charge in [-0.1, -0.05) is 35.8 Å². The average Bonchev–Trinajstić information content (AvgIpc) is 2.33. The van der Waals surface area contributed by atoms with Gasteiger partial charge in [-0.3, -0.25) is 0 Å². The maximum Gasteiger partial charge on any atom is 0.0692 e. The second-order valence-electron chi connectivity index (χ2n) is 5.58. The smallest absolute Gasteiger partial charge is 0.0692 e. The summed E-state index contributed by atoms with van der Waals surface area (Å²) in [5, 5.41) is 9.22. The van der Waals surface area contributed by atoms with Crippen molar-refractivity contribution >= 4 is 21.6 Å². The van der Waals surface area contributed by atoms with Crippen LogP contribution in [-0.2, 0) is 6.61 Å². The summed E-state index contributed by atoms with van der Waals surface area (Å²) in [5.41, 5.74) is 2.14. The minimum absolute atomic E-state index is 0.0722. The largest absolute Gasteiger partial charge is 0.392 e. The normalized spacial score (nSPS) is 11.4. The van der Waals surface area contributed by atoms with Crippen molar-refractivity contribution in [3.63, 3.8) is 0 Å². The molecular formula is C15H25BrN2O. The number of halogens is 1. The van der Waals surface area contributed by atoms with E-state index in [9.17, 15) is 5.11 Å². The fourth-order valence-electron chi connectivity index (χ4n) is 1.95. The molecule has 0 spiro atoms. The summed E-state index contributed by atoms with van der Waals surface area (Å²) in [7, 11) is 4.19. The van der Waals surface area contributed by atoms with E-state index in [0.29, 0.717) is 5.92 Å². The van der Waals surface area contributed by atoms with Gasteiger partial charge in [0.2, 0.25) is 0 Å². The molecule has 3 nitrogen and oxygen atoms in total. The third kappa shape index (κ3) is 5.51. The molecule has 0 radical (unpaired) electrons. The molecule has 0 unspecified atom stereocenters. The van der Waals surface area contributed by atoms with Gasteiger partial charge in [0.05, 0.1) is 6.61 Å². The standard InChI is InChI=1S/C15H25BrN2O/c1-12(2)10-18(8-7-17(3)4)14-6-5-13(11-19)15(16)9-14/h5-6,9,12,19H,7-8,10-11H2,1-4H3. The number of aliphatic hydroxyl groups is 1. The fourth-order valence-corrected chi connectivity index (χ4v) is 2.44. The molecule has 0 aliphatic heterocycles. The molecule has 1 N–H and O–H groups in total. The lowest BCUT2D eigenvalue weighted by Gasteiger charge is -2.28. The minimum Gasteiger partial charge on any atom is -0.392 e. The Balaban J connectivity index is 2.86. The first-order valence-electron chi connectivity index (χ1n) is 6.73. The van der Waals surface area contributed by atoms with Gasteiger partial charge in [-0.25, -0.2) is 0 Å². The van der Waals surface area contributed by atoms with Crippen LogP contribution in [0.5, 0.6) is 0 Å². The van der Waals surface area contributed by atoms with E-state index in [4.69, 9.17) is 0 Å². The van der Waals surface area contributed by atoms with E-state index >= 15 is 0 Å². The van der Waals surface area contributed by atoms with E-state index in [2.05, 4.69) is 65.8 Å². The van der Waals surface area contributed by atoms with Gasteiger partial charge in [0.1, 0.15) is 0 Å². The van der Waals surface area contributed by atoms with Crippen molar-refractivity contribution in [1.29, 1.82) is 0 Å². The predicted molar refractivity (Wildman–Crippen MR) is 85.7 cm³/mol. The summed E-state index contributed by atoms with van der Waals surface area (Å²) >= 11 is 3.52. The summed E-state index contributed by atoms with van der Waals surface area (Å²) < 4.78 is 0.978. The molecule has 0 heterocycles. The zero-order chi connectivity index (χ0) is 14.4. The van der Waals surface area contributed by atoms with Crippen LogP contribution in [0.25, 0.3) is 0 Å². The molecule has 1 aromatic rings. The first-order valence-corrected chi connectivity index (χ1v) is 7.52. The second kappa shape index (κ2) is 7.88.